The number of hydrogen-bond donors (Lipinski definition) is 1. The van der Waals surface area contributed by atoms with E-state index in [1.165, 1.54) is 6.07 Å². The zero-order chi connectivity index (χ0) is 8.72. The summed E-state index contributed by atoms with van der Waals surface area (Å²) >= 11 is 0. The second kappa shape index (κ2) is 3.60. The fourth-order valence-corrected chi connectivity index (χ4v) is 1.67. The van der Waals surface area contributed by atoms with Crippen LogP contribution in [0.15, 0.2) is 12.1 Å². The standard InChI is InChI=1S/C9H9F2N.ClH/c10-5-3-7-6(8(11)4-5)1-2-9(7)12;/h3-4,9H,1-2,12H2;1H. The molecule has 2 N–H and O–H groups in total. The monoisotopic (exact) mass is 205 g/mol. The van der Waals surface area contributed by atoms with Gasteiger partial charge in [-0.2, -0.15) is 0 Å². The van der Waals surface area contributed by atoms with Gasteiger partial charge in [-0.25, -0.2) is 8.78 Å². The highest BCUT2D eigenvalue weighted by molar-refractivity contribution is 5.85. The summed E-state index contributed by atoms with van der Waals surface area (Å²) in [5.41, 5.74) is 6.87. The molecule has 1 aromatic rings. The molecule has 13 heavy (non-hydrogen) atoms. The van der Waals surface area contributed by atoms with Gasteiger partial charge in [0.25, 0.3) is 0 Å². The van der Waals surface area contributed by atoms with Crippen molar-refractivity contribution in [3.05, 3.63) is 34.9 Å². The molecule has 0 bridgehead atoms. The van der Waals surface area contributed by atoms with Gasteiger partial charge in [0.1, 0.15) is 11.6 Å². The molecule has 72 valence electrons. The van der Waals surface area contributed by atoms with Gasteiger partial charge in [0, 0.05) is 12.1 Å². The van der Waals surface area contributed by atoms with Crippen LogP contribution in [0.5, 0.6) is 0 Å². The van der Waals surface area contributed by atoms with E-state index < -0.39 is 11.6 Å². The molecule has 0 amide bonds. The molecule has 1 unspecified atom stereocenters. The summed E-state index contributed by atoms with van der Waals surface area (Å²) in [6.07, 6.45) is 1.35. The summed E-state index contributed by atoms with van der Waals surface area (Å²) in [6, 6.07) is 2.05. The lowest BCUT2D eigenvalue weighted by Gasteiger charge is -2.04. The summed E-state index contributed by atoms with van der Waals surface area (Å²) in [5.74, 6) is -0.999. The van der Waals surface area contributed by atoms with Crippen molar-refractivity contribution in [3.8, 4) is 0 Å². The van der Waals surface area contributed by atoms with Gasteiger partial charge in [-0.3, -0.25) is 0 Å². The highest BCUT2D eigenvalue weighted by atomic mass is 35.5. The zero-order valence-corrected chi connectivity index (χ0v) is 7.70. The van der Waals surface area contributed by atoms with E-state index in [4.69, 9.17) is 5.73 Å². The van der Waals surface area contributed by atoms with E-state index in [-0.39, 0.29) is 18.4 Å². The van der Waals surface area contributed by atoms with Gasteiger partial charge in [0.05, 0.1) is 0 Å². The minimum Gasteiger partial charge on any atom is -0.324 e. The molecule has 0 spiro atoms. The number of hydrogen-bond acceptors (Lipinski definition) is 1. The minimum atomic E-state index is -0.538. The Morgan fingerprint density at radius 3 is 2.69 bits per heavy atom. The van der Waals surface area contributed by atoms with Crippen LogP contribution < -0.4 is 5.73 Å². The average molecular weight is 206 g/mol. The van der Waals surface area contributed by atoms with Gasteiger partial charge in [-0.05, 0) is 30.0 Å². The predicted octanol–water partition coefficient (Wildman–Crippen LogP) is 2.33. The lowest BCUT2D eigenvalue weighted by atomic mass is 10.1. The first-order valence-corrected chi connectivity index (χ1v) is 3.92. The first-order valence-electron chi connectivity index (χ1n) is 3.92. The van der Waals surface area contributed by atoms with E-state index in [2.05, 4.69) is 0 Å². The molecule has 1 atom stereocenters. The predicted molar refractivity (Wildman–Crippen MR) is 48.9 cm³/mol. The van der Waals surface area contributed by atoms with E-state index in [1.54, 1.807) is 0 Å². The topological polar surface area (TPSA) is 26.0 Å². The quantitative estimate of drug-likeness (QED) is 0.691. The molecule has 1 aliphatic rings. The van der Waals surface area contributed by atoms with Crippen LogP contribution in [-0.2, 0) is 6.42 Å². The Morgan fingerprint density at radius 1 is 1.31 bits per heavy atom. The van der Waals surface area contributed by atoms with Crippen molar-refractivity contribution >= 4 is 12.4 Å². The van der Waals surface area contributed by atoms with E-state index in [0.29, 0.717) is 17.5 Å². The van der Waals surface area contributed by atoms with Crippen molar-refractivity contribution in [3.63, 3.8) is 0 Å². The number of rotatable bonds is 0. The summed E-state index contributed by atoms with van der Waals surface area (Å²) in [5, 5.41) is 0. The number of nitrogens with two attached hydrogens (primary N) is 1. The van der Waals surface area contributed by atoms with E-state index in [1.807, 2.05) is 0 Å². The van der Waals surface area contributed by atoms with Crippen LogP contribution in [0.25, 0.3) is 0 Å². The maximum Gasteiger partial charge on any atom is 0.129 e. The van der Waals surface area contributed by atoms with Crippen molar-refractivity contribution in [2.45, 2.75) is 18.9 Å². The molecule has 0 aromatic heterocycles. The number of halogens is 3. The van der Waals surface area contributed by atoms with Crippen molar-refractivity contribution in [2.24, 2.45) is 5.73 Å². The Balaban J connectivity index is 0.000000845. The molecule has 0 heterocycles. The highest BCUT2D eigenvalue weighted by Crippen LogP contribution is 2.31. The van der Waals surface area contributed by atoms with Crippen molar-refractivity contribution in [1.29, 1.82) is 0 Å². The first-order chi connectivity index (χ1) is 5.68. The van der Waals surface area contributed by atoms with Crippen LogP contribution in [0.3, 0.4) is 0 Å². The maximum atomic E-state index is 13.0. The normalized spacial score (nSPS) is 19.5. The molecule has 1 nitrogen and oxygen atoms in total. The molecule has 0 radical (unpaired) electrons. The summed E-state index contributed by atoms with van der Waals surface area (Å²) in [7, 11) is 0. The van der Waals surface area contributed by atoms with Crippen LogP contribution in [-0.4, -0.2) is 0 Å². The minimum absolute atomic E-state index is 0. The van der Waals surface area contributed by atoms with E-state index in [9.17, 15) is 8.78 Å². The smallest absolute Gasteiger partial charge is 0.129 e. The summed E-state index contributed by atoms with van der Waals surface area (Å²) in [6.45, 7) is 0. The molecule has 0 saturated heterocycles. The second-order valence-corrected chi connectivity index (χ2v) is 3.10. The zero-order valence-electron chi connectivity index (χ0n) is 6.89. The Bertz CT molecular complexity index is 328. The van der Waals surface area contributed by atoms with Crippen LogP contribution in [0.2, 0.25) is 0 Å². The van der Waals surface area contributed by atoms with Gasteiger partial charge < -0.3 is 5.73 Å². The van der Waals surface area contributed by atoms with Gasteiger partial charge in [0.2, 0.25) is 0 Å². The SMILES string of the molecule is Cl.NC1CCc2c(F)cc(F)cc21. The largest absolute Gasteiger partial charge is 0.324 e. The number of benzene rings is 1. The van der Waals surface area contributed by atoms with Crippen LogP contribution in [0.1, 0.15) is 23.6 Å². The molecule has 1 aromatic carbocycles. The Morgan fingerprint density at radius 2 is 2.00 bits per heavy atom. The van der Waals surface area contributed by atoms with Crippen molar-refractivity contribution in [1.82, 2.24) is 0 Å². The van der Waals surface area contributed by atoms with Crippen LogP contribution in [0, 0.1) is 11.6 Å². The average Bonchev–Trinajstić information content (AvgIpc) is 2.33. The highest BCUT2D eigenvalue weighted by Gasteiger charge is 2.22. The molecule has 0 fully saturated rings. The third-order valence-corrected chi connectivity index (χ3v) is 2.30. The molecule has 0 saturated carbocycles. The van der Waals surface area contributed by atoms with Crippen molar-refractivity contribution in [2.75, 3.05) is 0 Å². The lowest BCUT2D eigenvalue weighted by Crippen LogP contribution is -2.05. The Labute approximate surface area is 81.3 Å². The third kappa shape index (κ3) is 1.67. The Hall–Kier alpha value is -0.670. The molecular formula is C9H10ClF2N. The van der Waals surface area contributed by atoms with Crippen LogP contribution >= 0.6 is 12.4 Å². The summed E-state index contributed by atoms with van der Waals surface area (Å²) < 4.78 is 25.7. The van der Waals surface area contributed by atoms with Crippen LogP contribution in [0.4, 0.5) is 8.78 Å². The summed E-state index contributed by atoms with van der Waals surface area (Å²) in [4.78, 5) is 0. The molecular weight excluding hydrogens is 196 g/mol. The van der Waals surface area contributed by atoms with E-state index >= 15 is 0 Å². The van der Waals surface area contributed by atoms with Gasteiger partial charge in [0.15, 0.2) is 0 Å². The fraction of sp³-hybridized carbons (Fsp3) is 0.333. The third-order valence-electron chi connectivity index (χ3n) is 2.30. The molecule has 0 aliphatic heterocycles. The molecule has 2 rings (SSSR count). The Kier molecular flexibility index (Phi) is 2.88. The fourth-order valence-electron chi connectivity index (χ4n) is 1.67. The van der Waals surface area contributed by atoms with E-state index in [0.717, 1.165) is 12.5 Å². The van der Waals surface area contributed by atoms with Gasteiger partial charge in [-0.1, -0.05) is 0 Å². The second-order valence-electron chi connectivity index (χ2n) is 3.10. The number of fused-ring (bicyclic) bond motifs is 1. The van der Waals surface area contributed by atoms with Gasteiger partial charge in [-0.15, -0.1) is 12.4 Å². The van der Waals surface area contributed by atoms with Crippen molar-refractivity contribution < 1.29 is 8.78 Å². The maximum absolute atomic E-state index is 13.0. The molecule has 4 heteroatoms. The molecule has 1 aliphatic carbocycles. The lowest BCUT2D eigenvalue weighted by molar-refractivity contribution is 0.573. The van der Waals surface area contributed by atoms with Gasteiger partial charge >= 0.3 is 0 Å². The first kappa shape index (κ1) is 10.4.